The summed E-state index contributed by atoms with van der Waals surface area (Å²) in [5, 5.41) is 10.9. The zero-order valence-corrected chi connectivity index (χ0v) is 18.9. The second kappa shape index (κ2) is 10.8. The minimum absolute atomic E-state index is 0.102. The first-order valence-corrected chi connectivity index (χ1v) is 11.3. The Morgan fingerprint density at radius 3 is 2.61 bits per heavy atom. The van der Waals surface area contributed by atoms with Crippen LogP contribution in [0, 0.1) is 0 Å². The number of hydrogen-bond donors (Lipinski definition) is 3. The van der Waals surface area contributed by atoms with Gasteiger partial charge in [-0.1, -0.05) is 42.5 Å². The molecule has 0 aromatic heterocycles. The highest BCUT2D eigenvalue weighted by Crippen LogP contribution is 2.19. The van der Waals surface area contributed by atoms with E-state index in [0.29, 0.717) is 17.8 Å². The maximum Gasteiger partial charge on any atom is 0.251 e. The molecule has 0 spiro atoms. The number of rotatable bonds is 6. The quantitative estimate of drug-likeness (QED) is 0.379. The summed E-state index contributed by atoms with van der Waals surface area (Å²) in [4.78, 5) is 24.6. The molecule has 0 bridgehead atoms. The van der Waals surface area contributed by atoms with Crippen molar-refractivity contribution in [2.24, 2.45) is 0 Å². The Kier molecular flexibility index (Phi) is 7.44. The first kappa shape index (κ1) is 22.6. The normalized spacial score (nSPS) is 15.5. The van der Waals surface area contributed by atoms with Gasteiger partial charge in [0.25, 0.3) is 5.91 Å². The number of hydrogen-bond acceptors (Lipinski definition) is 4. The maximum absolute atomic E-state index is 12.3. The Morgan fingerprint density at radius 2 is 1.82 bits per heavy atom. The summed E-state index contributed by atoms with van der Waals surface area (Å²) in [5.41, 5.74) is 2.18. The predicted octanol–water partition coefficient (Wildman–Crippen LogP) is 4.28. The first-order valence-electron chi connectivity index (χ1n) is 10.9. The second-order valence-electron chi connectivity index (χ2n) is 7.77. The highest BCUT2D eigenvalue weighted by molar-refractivity contribution is 7.80. The molecule has 1 aliphatic rings. The van der Waals surface area contributed by atoms with Gasteiger partial charge < -0.3 is 15.4 Å². The van der Waals surface area contributed by atoms with Crippen molar-refractivity contribution in [3.63, 3.8) is 0 Å². The lowest BCUT2D eigenvalue weighted by molar-refractivity contribution is -0.115. The van der Waals surface area contributed by atoms with E-state index in [2.05, 4.69) is 16.0 Å². The Morgan fingerprint density at radius 1 is 1.03 bits per heavy atom. The van der Waals surface area contributed by atoms with Gasteiger partial charge in [-0.15, -0.1) is 0 Å². The van der Waals surface area contributed by atoms with Crippen LogP contribution in [-0.2, 0) is 9.53 Å². The fraction of sp³-hybridized carbons (Fsp3) is 0.192. The van der Waals surface area contributed by atoms with Crippen molar-refractivity contribution in [3.05, 3.63) is 83.9 Å². The Hall–Kier alpha value is -3.55. The van der Waals surface area contributed by atoms with Crippen LogP contribution in [0.15, 0.2) is 72.8 Å². The molecule has 2 amide bonds. The van der Waals surface area contributed by atoms with Crippen molar-refractivity contribution < 1.29 is 14.3 Å². The molecule has 1 aliphatic heterocycles. The van der Waals surface area contributed by atoms with Crippen LogP contribution in [0.1, 0.15) is 28.8 Å². The van der Waals surface area contributed by atoms with Gasteiger partial charge in [0.2, 0.25) is 5.91 Å². The van der Waals surface area contributed by atoms with Crippen molar-refractivity contribution >= 4 is 51.7 Å². The zero-order chi connectivity index (χ0) is 23.0. The lowest BCUT2D eigenvalue weighted by Gasteiger charge is -2.11. The standard InChI is InChI=1S/C26H25N3O3S/c30-24(15-12-19-7-3-6-18-5-1-2-9-23(18)19)29-26(33)28-21-13-10-20(11-14-21)25(31)27-17-22-8-4-16-32-22/h1-3,5-7,9-15,22H,4,8,16-17H2,(H,27,31)(H2,28,29,30,33)/b15-12+. The second-order valence-corrected chi connectivity index (χ2v) is 8.18. The first-order chi connectivity index (χ1) is 16.1. The molecule has 1 unspecified atom stereocenters. The third kappa shape index (κ3) is 6.25. The molecule has 0 saturated carbocycles. The highest BCUT2D eigenvalue weighted by Gasteiger charge is 2.16. The number of thiocarbonyl (C=S) groups is 1. The molecule has 168 valence electrons. The molecule has 3 aromatic carbocycles. The van der Waals surface area contributed by atoms with Crippen molar-refractivity contribution in [1.29, 1.82) is 0 Å². The molecule has 6 nitrogen and oxygen atoms in total. The van der Waals surface area contributed by atoms with E-state index in [4.69, 9.17) is 17.0 Å². The number of carbonyl (C=O) groups excluding carboxylic acids is 2. The van der Waals surface area contributed by atoms with Crippen molar-refractivity contribution in [3.8, 4) is 0 Å². The van der Waals surface area contributed by atoms with Gasteiger partial charge in [-0.25, -0.2) is 0 Å². The number of anilines is 1. The van der Waals surface area contributed by atoms with E-state index in [1.807, 2.05) is 42.5 Å². The van der Waals surface area contributed by atoms with E-state index in [1.54, 1.807) is 30.3 Å². The van der Waals surface area contributed by atoms with Crippen molar-refractivity contribution in [2.75, 3.05) is 18.5 Å². The van der Waals surface area contributed by atoms with Crippen LogP contribution in [0.4, 0.5) is 5.69 Å². The van der Waals surface area contributed by atoms with Gasteiger partial charge in [0.15, 0.2) is 5.11 Å². The summed E-state index contributed by atoms with van der Waals surface area (Å²) in [7, 11) is 0. The fourth-order valence-corrected chi connectivity index (χ4v) is 3.91. The summed E-state index contributed by atoms with van der Waals surface area (Å²) < 4.78 is 5.52. The molecule has 1 saturated heterocycles. The molecule has 0 radical (unpaired) electrons. The number of nitrogens with one attached hydrogen (secondary N) is 3. The number of carbonyl (C=O) groups is 2. The third-order valence-electron chi connectivity index (χ3n) is 5.39. The molecule has 1 fully saturated rings. The lowest BCUT2D eigenvalue weighted by Crippen LogP contribution is -2.33. The summed E-state index contributed by atoms with van der Waals surface area (Å²) >= 11 is 5.24. The number of benzene rings is 3. The minimum atomic E-state index is -0.328. The van der Waals surface area contributed by atoms with Crippen LogP contribution >= 0.6 is 12.2 Å². The van der Waals surface area contributed by atoms with Gasteiger partial charge in [0.1, 0.15) is 0 Å². The lowest BCUT2D eigenvalue weighted by atomic mass is 10.0. The molecule has 1 atom stereocenters. The topological polar surface area (TPSA) is 79.5 Å². The van der Waals surface area contributed by atoms with E-state index >= 15 is 0 Å². The van der Waals surface area contributed by atoms with Crippen LogP contribution < -0.4 is 16.0 Å². The van der Waals surface area contributed by atoms with Gasteiger partial charge in [0, 0.05) is 30.5 Å². The molecular weight excluding hydrogens is 434 g/mol. The molecule has 1 heterocycles. The zero-order valence-electron chi connectivity index (χ0n) is 18.0. The van der Waals surface area contributed by atoms with E-state index in [9.17, 15) is 9.59 Å². The van der Waals surface area contributed by atoms with Crippen LogP contribution in [0.2, 0.25) is 0 Å². The van der Waals surface area contributed by atoms with Gasteiger partial charge in [-0.2, -0.15) is 0 Å². The minimum Gasteiger partial charge on any atom is -0.376 e. The Labute approximate surface area is 198 Å². The molecule has 7 heteroatoms. The smallest absolute Gasteiger partial charge is 0.251 e. The third-order valence-corrected chi connectivity index (χ3v) is 5.60. The van der Waals surface area contributed by atoms with E-state index in [1.165, 1.54) is 6.08 Å². The molecule has 0 aliphatic carbocycles. The van der Waals surface area contributed by atoms with Crippen LogP contribution in [0.25, 0.3) is 16.8 Å². The van der Waals surface area contributed by atoms with Crippen LogP contribution in [0.5, 0.6) is 0 Å². The summed E-state index contributed by atoms with van der Waals surface area (Å²) in [5.74, 6) is -0.475. The molecule has 3 aromatic rings. The van der Waals surface area contributed by atoms with Crippen molar-refractivity contribution in [2.45, 2.75) is 18.9 Å². The molecular formula is C26H25N3O3S. The largest absolute Gasteiger partial charge is 0.376 e. The monoisotopic (exact) mass is 459 g/mol. The van der Waals surface area contributed by atoms with Crippen molar-refractivity contribution in [1.82, 2.24) is 10.6 Å². The van der Waals surface area contributed by atoms with Crippen LogP contribution in [0.3, 0.4) is 0 Å². The summed E-state index contributed by atoms with van der Waals surface area (Å²) in [6, 6.07) is 20.8. The summed E-state index contributed by atoms with van der Waals surface area (Å²) in [6.07, 6.45) is 5.34. The number of amides is 2. The SMILES string of the molecule is O=C(/C=C/c1cccc2ccccc12)NC(=S)Nc1ccc(C(=O)NCC2CCCO2)cc1. The maximum atomic E-state index is 12.3. The van der Waals surface area contributed by atoms with Gasteiger partial charge in [0.05, 0.1) is 6.10 Å². The molecule has 33 heavy (non-hydrogen) atoms. The van der Waals surface area contributed by atoms with Gasteiger partial charge in [-0.05, 0) is 71.7 Å². The fourth-order valence-electron chi connectivity index (χ4n) is 3.70. The Balaban J connectivity index is 1.27. The molecule has 3 N–H and O–H groups in total. The van der Waals surface area contributed by atoms with Gasteiger partial charge in [-0.3, -0.25) is 14.9 Å². The summed E-state index contributed by atoms with van der Waals surface area (Å²) in [6.45, 7) is 1.28. The predicted molar refractivity (Wildman–Crippen MR) is 135 cm³/mol. The highest BCUT2D eigenvalue weighted by atomic mass is 32.1. The van der Waals surface area contributed by atoms with E-state index in [0.717, 1.165) is 35.8 Å². The number of ether oxygens (including phenoxy) is 1. The van der Waals surface area contributed by atoms with Gasteiger partial charge >= 0.3 is 0 Å². The number of fused-ring (bicyclic) bond motifs is 1. The molecule has 4 rings (SSSR count). The average Bonchev–Trinajstić information content (AvgIpc) is 3.35. The average molecular weight is 460 g/mol. The Bertz CT molecular complexity index is 1180. The van der Waals surface area contributed by atoms with E-state index in [-0.39, 0.29) is 23.0 Å². The van der Waals surface area contributed by atoms with E-state index < -0.39 is 0 Å². The van der Waals surface area contributed by atoms with Crippen LogP contribution in [-0.4, -0.2) is 36.2 Å².